The van der Waals surface area contributed by atoms with E-state index in [-0.39, 0.29) is 0 Å². The number of ether oxygens (including phenoxy) is 1. The fourth-order valence-corrected chi connectivity index (χ4v) is 1.84. The van der Waals surface area contributed by atoms with Crippen LogP contribution in [0.4, 0.5) is 0 Å². The van der Waals surface area contributed by atoms with Crippen molar-refractivity contribution in [2.75, 3.05) is 13.2 Å². The average molecular weight is 307 g/mol. The molecular weight excluding hydrogens is 290 g/mol. The molecule has 0 saturated carbocycles. The molecule has 1 rings (SSSR count). The molecule has 0 saturated heterocycles. The molecule has 1 aliphatic rings. The van der Waals surface area contributed by atoms with Crippen molar-refractivity contribution in [2.45, 2.75) is 30.5 Å². The molecule has 21 heavy (non-hydrogen) atoms. The van der Waals surface area contributed by atoms with Crippen LogP contribution >= 0.6 is 0 Å². The maximum Gasteiger partial charge on any atom is 0.370 e. The first kappa shape index (κ1) is 17.3. The van der Waals surface area contributed by atoms with Crippen molar-refractivity contribution in [3.05, 3.63) is 11.8 Å². The van der Waals surface area contributed by atoms with E-state index >= 15 is 0 Å². The standard InChI is InChI=1S/C11H17NO9/c13-2-5(16)9(18)10-8(12-7(17)3-14)4(15)1-6(21-10)11(19)20/h1,4-5,8-10,13-16,18H,2-3H2,(H,12,17)(H,19,20)/t4-,5-,8-,9-,10?/m1/s1. The summed E-state index contributed by atoms with van der Waals surface area (Å²) in [6, 6.07) is -1.32. The van der Waals surface area contributed by atoms with Gasteiger partial charge in [-0.1, -0.05) is 0 Å². The molecule has 7 N–H and O–H groups in total. The van der Waals surface area contributed by atoms with Crippen molar-refractivity contribution in [2.24, 2.45) is 0 Å². The van der Waals surface area contributed by atoms with Gasteiger partial charge in [-0.2, -0.15) is 0 Å². The van der Waals surface area contributed by atoms with Crippen molar-refractivity contribution < 1.29 is 45.0 Å². The zero-order valence-corrected chi connectivity index (χ0v) is 10.8. The van der Waals surface area contributed by atoms with E-state index in [9.17, 15) is 24.9 Å². The Labute approximate surface area is 118 Å². The number of carbonyl (C=O) groups is 2. The first-order chi connectivity index (χ1) is 9.81. The number of nitrogens with one attached hydrogen (secondary N) is 1. The van der Waals surface area contributed by atoms with Gasteiger partial charge in [-0.3, -0.25) is 4.79 Å². The van der Waals surface area contributed by atoms with E-state index in [0.717, 1.165) is 6.08 Å². The van der Waals surface area contributed by atoms with Crippen molar-refractivity contribution in [3.8, 4) is 0 Å². The van der Waals surface area contributed by atoms with E-state index in [4.69, 9.17) is 20.1 Å². The topological polar surface area (TPSA) is 177 Å². The Kier molecular flexibility index (Phi) is 6.05. The highest BCUT2D eigenvalue weighted by atomic mass is 16.5. The van der Waals surface area contributed by atoms with Gasteiger partial charge in [0.25, 0.3) is 0 Å². The molecule has 0 aromatic carbocycles. The van der Waals surface area contributed by atoms with Crippen LogP contribution in [-0.2, 0) is 14.3 Å². The normalized spacial score (nSPS) is 28.0. The highest BCUT2D eigenvalue weighted by Crippen LogP contribution is 2.22. The number of aliphatic carboxylic acids is 1. The molecule has 1 heterocycles. The van der Waals surface area contributed by atoms with Gasteiger partial charge in [-0.25, -0.2) is 4.79 Å². The molecule has 10 heteroatoms. The van der Waals surface area contributed by atoms with Gasteiger partial charge in [0, 0.05) is 0 Å². The smallest absolute Gasteiger partial charge is 0.370 e. The lowest BCUT2D eigenvalue weighted by Gasteiger charge is -2.38. The van der Waals surface area contributed by atoms with Crippen LogP contribution in [0.25, 0.3) is 0 Å². The SMILES string of the molecule is O=C(CO)N[C@H]1C([C@H](O)[C@H](O)CO)OC(C(=O)O)=C[C@H]1O. The number of carbonyl (C=O) groups excluding carboxylic acids is 1. The van der Waals surface area contributed by atoms with Crippen LogP contribution < -0.4 is 5.32 Å². The van der Waals surface area contributed by atoms with Crippen molar-refractivity contribution >= 4 is 11.9 Å². The van der Waals surface area contributed by atoms with Crippen LogP contribution in [0.3, 0.4) is 0 Å². The number of aliphatic hydroxyl groups is 5. The van der Waals surface area contributed by atoms with Crippen LogP contribution in [0.5, 0.6) is 0 Å². The highest BCUT2D eigenvalue weighted by Gasteiger charge is 2.43. The van der Waals surface area contributed by atoms with E-state index in [0.29, 0.717) is 0 Å². The van der Waals surface area contributed by atoms with Crippen molar-refractivity contribution in [1.82, 2.24) is 5.32 Å². The summed E-state index contributed by atoms with van der Waals surface area (Å²) in [6.07, 6.45) is -5.72. The fourth-order valence-electron chi connectivity index (χ4n) is 1.84. The summed E-state index contributed by atoms with van der Waals surface area (Å²) in [7, 11) is 0. The molecule has 0 aliphatic carbocycles. The maximum absolute atomic E-state index is 11.2. The fraction of sp³-hybridized carbons (Fsp3) is 0.636. The summed E-state index contributed by atoms with van der Waals surface area (Å²) in [4.78, 5) is 22.1. The number of carboxylic acid groups (broad SMARTS) is 1. The Hall–Kier alpha value is -1.72. The third-order valence-corrected chi connectivity index (χ3v) is 2.91. The van der Waals surface area contributed by atoms with E-state index in [1.807, 2.05) is 0 Å². The van der Waals surface area contributed by atoms with E-state index in [1.54, 1.807) is 0 Å². The largest absolute Gasteiger partial charge is 0.478 e. The Morgan fingerprint density at radius 1 is 1.33 bits per heavy atom. The Bertz CT molecular complexity index is 424. The van der Waals surface area contributed by atoms with Gasteiger partial charge in [0.1, 0.15) is 24.9 Å². The lowest BCUT2D eigenvalue weighted by Crippen LogP contribution is -2.60. The van der Waals surface area contributed by atoms with Gasteiger partial charge in [-0.15, -0.1) is 0 Å². The number of carboxylic acids is 1. The van der Waals surface area contributed by atoms with Gasteiger partial charge in [-0.05, 0) is 6.08 Å². The second kappa shape index (κ2) is 7.33. The number of rotatable bonds is 6. The highest BCUT2D eigenvalue weighted by molar-refractivity contribution is 5.84. The summed E-state index contributed by atoms with van der Waals surface area (Å²) in [5.41, 5.74) is 0. The molecule has 10 nitrogen and oxygen atoms in total. The number of amides is 1. The molecule has 120 valence electrons. The van der Waals surface area contributed by atoms with E-state index in [1.165, 1.54) is 0 Å². The monoisotopic (exact) mass is 307 g/mol. The van der Waals surface area contributed by atoms with Crippen LogP contribution in [0.15, 0.2) is 11.8 Å². The molecule has 0 spiro atoms. The summed E-state index contributed by atoms with van der Waals surface area (Å²) >= 11 is 0. The molecule has 1 aliphatic heterocycles. The summed E-state index contributed by atoms with van der Waals surface area (Å²) in [5, 5.41) is 57.5. The average Bonchev–Trinajstić information content (AvgIpc) is 2.46. The van der Waals surface area contributed by atoms with Crippen molar-refractivity contribution in [1.29, 1.82) is 0 Å². The Morgan fingerprint density at radius 3 is 2.43 bits per heavy atom. The van der Waals surface area contributed by atoms with E-state index < -0.39 is 61.3 Å². The molecule has 0 bridgehead atoms. The molecule has 1 amide bonds. The predicted molar refractivity (Wildman–Crippen MR) is 64.7 cm³/mol. The van der Waals surface area contributed by atoms with Gasteiger partial charge >= 0.3 is 5.97 Å². The number of hydrogen-bond acceptors (Lipinski definition) is 8. The van der Waals surface area contributed by atoms with Gasteiger partial charge in [0.2, 0.25) is 11.7 Å². The van der Waals surface area contributed by atoms with Crippen LogP contribution in [0.2, 0.25) is 0 Å². The second-order valence-electron chi connectivity index (χ2n) is 4.40. The molecule has 0 radical (unpaired) electrons. The van der Waals surface area contributed by atoms with Crippen LogP contribution in [0.1, 0.15) is 0 Å². The van der Waals surface area contributed by atoms with Gasteiger partial charge in [0.05, 0.1) is 12.6 Å². The molecular formula is C11H17NO9. The minimum absolute atomic E-state index is 0.675. The first-order valence-corrected chi connectivity index (χ1v) is 5.98. The third kappa shape index (κ3) is 4.12. The lowest BCUT2D eigenvalue weighted by atomic mass is 9.94. The zero-order valence-electron chi connectivity index (χ0n) is 10.8. The van der Waals surface area contributed by atoms with Gasteiger partial charge < -0.3 is 40.7 Å². The predicted octanol–water partition coefficient (Wildman–Crippen LogP) is -4.09. The minimum Gasteiger partial charge on any atom is -0.478 e. The third-order valence-electron chi connectivity index (χ3n) is 2.91. The summed E-state index contributed by atoms with van der Waals surface area (Å²) in [6.45, 7) is -1.74. The second-order valence-corrected chi connectivity index (χ2v) is 4.40. The molecule has 0 aromatic rings. The zero-order chi connectivity index (χ0) is 16.2. The molecule has 0 fully saturated rings. The van der Waals surface area contributed by atoms with Gasteiger partial charge in [0.15, 0.2) is 6.10 Å². The van der Waals surface area contributed by atoms with Crippen LogP contribution in [0, 0.1) is 0 Å². The molecule has 1 unspecified atom stereocenters. The van der Waals surface area contributed by atoms with Crippen molar-refractivity contribution in [3.63, 3.8) is 0 Å². The molecule has 0 aromatic heterocycles. The minimum atomic E-state index is -1.78. The van der Waals surface area contributed by atoms with E-state index in [2.05, 4.69) is 5.32 Å². The van der Waals surface area contributed by atoms with Crippen LogP contribution in [-0.4, -0.2) is 86.2 Å². The maximum atomic E-state index is 11.2. The lowest BCUT2D eigenvalue weighted by molar-refractivity contribution is -0.150. The summed E-state index contributed by atoms with van der Waals surface area (Å²) in [5.74, 6) is -3.09. The quantitative estimate of drug-likeness (QED) is 0.257. The number of hydrogen-bond donors (Lipinski definition) is 7. The molecule has 5 atom stereocenters. The Balaban J connectivity index is 3.04. The number of aliphatic hydroxyl groups excluding tert-OH is 5. The summed E-state index contributed by atoms with van der Waals surface area (Å²) < 4.78 is 4.95. The first-order valence-electron chi connectivity index (χ1n) is 5.98. The Morgan fingerprint density at radius 2 is 1.95 bits per heavy atom.